The quantitative estimate of drug-likeness (QED) is 0.668. The van der Waals surface area contributed by atoms with Crippen LogP contribution in [0.2, 0.25) is 0 Å². The van der Waals surface area contributed by atoms with Crippen LogP contribution in [0, 0.1) is 0 Å². The Hall–Kier alpha value is -2.43. The van der Waals surface area contributed by atoms with Crippen LogP contribution in [0.5, 0.6) is 5.75 Å². The largest absolute Gasteiger partial charge is 0.495 e. The van der Waals surface area contributed by atoms with Crippen molar-refractivity contribution >= 4 is 5.78 Å². The highest BCUT2D eigenvalue weighted by Crippen LogP contribution is 2.21. The molecule has 5 heteroatoms. The van der Waals surface area contributed by atoms with Gasteiger partial charge >= 0.3 is 0 Å². The van der Waals surface area contributed by atoms with Crippen molar-refractivity contribution in [2.24, 2.45) is 0 Å². The Balaban J connectivity index is 2.13. The second-order valence-electron chi connectivity index (χ2n) is 3.57. The molecule has 0 aliphatic carbocycles. The topological polar surface area (TPSA) is 52.3 Å². The fourth-order valence-corrected chi connectivity index (χ4v) is 1.64. The first-order valence-electron chi connectivity index (χ1n) is 5.16. The van der Waals surface area contributed by atoms with E-state index in [-0.39, 0.29) is 0 Å². The molecule has 0 aromatic carbocycles. The van der Waals surface area contributed by atoms with Crippen molar-refractivity contribution in [3.05, 3.63) is 43.1 Å². The van der Waals surface area contributed by atoms with Gasteiger partial charge in [-0.1, -0.05) is 0 Å². The lowest BCUT2D eigenvalue weighted by Gasteiger charge is -2.00. The van der Waals surface area contributed by atoms with E-state index in [0.717, 1.165) is 11.3 Å². The lowest BCUT2D eigenvalue weighted by molar-refractivity contribution is 0.413. The first-order chi connectivity index (χ1) is 8.36. The molecule has 0 bridgehead atoms. The molecule has 0 saturated heterocycles. The smallest absolute Gasteiger partial charge is 0.234 e. The highest BCUT2D eigenvalue weighted by molar-refractivity contribution is 5.61. The van der Waals surface area contributed by atoms with Gasteiger partial charge in [-0.3, -0.25) is 9.38 Å². The van der Waals surface area contributed by atoms with Crippen LogP contribution in [0.25, 0.3) is 17.0 Å². The zero-order chi connectivity index (χ0) is 11.7. The van der Waals surface area contributed by atoms with E-state index in [1.165, 1.54) is 0 Å². The molecule has 0 N–H and O–H groups in total. The van der Waals surface area contributed by atoms with Crippen molar-refractivity contribution in [2.45, 2.75) is 0 Å². The van der Waals surface area contributed by atoms with Crippen molar-refractivity contribution in [2.75, 3.05) is 7.11 Å². The van der Waals surface area contributed by atoms with Gasteiger partial charge in [-0.05, 0) is 12.1 Å². The van der Waals surface area contributed by atoms with Gasteiger partial charge in [0.2, 0.25) is 5.78 Å². The molecule has 5 nitrogen and oxygen atoms in total. The number of methoxy groups -OCH3 is 1. The monoisotopic (exact) mass is 226 g/mol. The predicted molar refractivity (Wildman–Crippen MR) is 62.8 cm³/mol. The number of hydrogen-bond acceptors (Lipinski definition) is 4. The van der Waals surface area contributed by atoms with E-state index < -0.39 is 0 Å². The summed E-state index contributed by atoms with van der Waals surface area (Å²) in [7, 11) is 1.62. The number of ether oxygens (including phenoxy) is 1. The normalized spacial score (nSPS) is 10.6. The molecule has 3 aromatic heterocycles. The Morgan fingerprint density at radius 2 is 2.24 bits per heavy atom. The maximum absolute atomic E-state index is 5.14. The van der Waals surface area contributed by atoms with E-state index in [1.54, 1.807) is 25.7 Å². The van der Waals surface area contributed by atoms with Gasteiger partial charge in [-0.2, -0.15) is 0 Å². The fraction of sp³-hybridized carbons (Fsp3) is 0.0833. The summed E-state index contributed by atoms with van der Waals surface area (Å²) in [6.07, 6.45) is 8.96. The van der Waals surface area contributed by atoms with Crippen molar-refractivity contribution in [3.8, 4) is 17.0 Å². The molecule has 3 aromatic rings. The summed E-state index contributed by atoms with van der Waals surface area (Å²) in [5.41, 5.74) is 1.74. The van der Waals surface area contributed by atoms with Gasteiger partial charge in [0.1, 0.15) is 5.75 Å². The molecule has 0 unspecified atom stereocenters. The third kappa shape index (κ3) is 1.71. The van der Waals surface area contributed by atoms with Gasteiger partial charge in [0.25, 0.3) is 0 Å². The summed E-state index contributed by atoms with van der Waals surface area (Å²) in [4.78, 5) is 12.7. The standard InChI is InChI=1S/C12H10N4O/c1-17-10-5-9(6-13-7-10)11-8-16-4-2-3-14-12(16)15-11/h2-8H,1H3. The molecular formula is C12H10N4O. The number of rotatable bonds is 2. The summed E-state index contributed by atoms with van der Waals surface area (Å²) >= 11 is 0. The Morgan fingerprint density at radius 1 is 1.29 bits per heavy atom. The Kier molecular flexibility index (Phi) is 2.22. The average Bonchev–Trinajstić information content (AvgIpc) is 2.82. The van der Waals surface area contributed by atoms with E-state index >= 15 is 0 Å². The lowest BCUT2D eigenvalue weighted by Crippen LogP contribution is -1.86. The molecule has 0 atom stereocenters. The fourth-order valence-electron chi connectivity index (χ4n) is 1.64. The minimum absolute atomic E-state index is 0.672. The summed E-state index contributed by atoms with van der Waals surface area (Å²) in [5, 5.41) is 0. The maximum atomic E-state index is 5.14. The molecule has 3 heterocycles. The Bertz CT molecular complexity index is 629. The summed E-state index contributed by atoms with van der Waals surface area (Å²) < 4.78 is 7.01. The van der Waals surface area contributed by atoms with E-state index in [1.807, 2.05) is 28.9 Å². The highest BCUT2D eigenvalue weighted by atomic mass is 16.5. The van der Waals surface area contributed by atoms with Crippen molar-refractivity contribution in [1.82, 2.24) is 19.4 Å². The molecular weight excluding hydrogens is 216 g/mol. The summed E-state index contributed by atoms with van der Waals surface area (Å²) in [6, 6.07) is 3.76. The molecule has 0 fully saturated rings. The third-order valence-corrected chi connectivity index (χ3v) is 2.48. The van der Waals surface area contributed by atoms with Crippen LogP contribution in [0.15, 0.2) is 43.1 Å². The Morgan fingerprint density at radius 3 is 3.06 bits per heavy atom. The molecule has 0 radical (unpaired) electrons. The molecule has 0 aliphatic rings. The van der Waals surface area contributed by atoms with Crippen LogP contribution in [0.3, 0.4) is 0 Å². The molecule has 3 rings (SSSR count). The van der Waals surface area contributed by atoms with Gasteiger partial charge in [-0.15, -0.1) is 0 Å². The lowest BCUT2D eigenvalue weighted by atomic mass is 10.2. The third-order valence-electron chi connectivity index (χ3n) is 2.48. The summed E-state index contributed by atoms with van der Waals surface area (Å²) in [6.45, 7) is 0. The highest BCUT2D eigenvalue weighted by Gasteiger charge is 2.05. The van der Waals surface area contributed by atoms with Crippen molar-refractivity contribution in [1.29, 1.82) is 0 Å². The number of imidazole rings is 1. The van der Waals surface area contributed by atoms with Crippen LogP contribution in [-0.4, -0.2) is 26.5 Å². The van der Waals surface area contributed by atoms with Gasteiger partial charge in [-0.25, -0.2) is 9.97 Å². The zero-order valence-electron chi connectivity index (χ0n) is 9.24. The van der Waals surface area contributed by atoms with Crippen molar-refractivity contribution < 1.29 is 4.74 Å². The van der Waals surface area contributed by atoms with Gasteiger partial charge in [0, 0.05) is 30.4 Å². The second kappa shape index (κ2) is 3.86. The van der Waals surface area contributed by atoms with Crippen LogP contribution in [-0.2, 0) is 0 Å². The molecule has 17 heavy (non-hydrogen) atoms. The van der Waals surface area contributed by atoms with E-state index in [9.17, 15) is 0 Å². The first kappa shape index (κ1) is 9.77. The number of aromatic nitrogens is 4. The number of pyridine rings is 1. The van der Waals surface area contributed by atoms with Gasteiger partial charge in [0.15, 0.2) is 0 Å². The second-order valence-corrected chi connectivity index (χ2v) is 3.57. The van der Waals surface area contributed by atoms with Crippen LogP contribution in [0.1, 0.15) is 0 Å². The van der Waals surface area contributed by atoms with E-state index in [0.29, 0.717) is 11.5 Å². The SMILES string of the molecule is COc1cncc(-c2cn3cccnc3n2)c1. The van der Waals surface area contributed by atoms with E-state index in [4.69, 9.17) is 4.74 Å². The van der Waals surface area contributed by atoms with Crippen LogP contribution in [0.4, 0.5) is 0 Å². The molecule has 0 saturated carbocycles. The Labute approximate surface area is 97.7 Å². The summed E-state index contributed by atoms with van der Waals surface area (Å²) in [5.74, 6) is 1.39. The van der Waals surface area contributed by atoms with Gasteiger partial charge in [0.05, 0.1) is 19.0 Å². The van der Waals surface area contributed by atoms with Crippen molar-refractivity contribution in [3.63, 3.8) is 0 Å². The molecule has 0 amide bonds. The number of nitrogens with zero attached hydrogens (tertiary/aromatic N) is 4. The average molecular weight is 226 g/mol. The first-order valence-corrected chi connectivity index (χ1v) is 5.16. The van der Waals surface area contributed by atoms with Gasteiger partial charge < -0.3 is 4.74 Å². The van der Waals surface area contributed by atoms with Crippen LogP contribution < -0.4 is 4.74 Å². The van der Waals surface area contributed by atoms with Crippen LogP contribution >= 0.6 is 0 Å². The number of hydrogen-bond donors (Lipinski definition) is 0. The molecule has 0 spiro atoms. The molecule has 84 valence electrons. The minimum Gasteiger partial charge on any atom is -0.495 e. The number of fused-ring (bicyclic) bond motifs is 1. The zero-order valence-corrected chi connectivity index (χ0v) is 9.24. The van der Waals surface area contributed by atoms with E-state index in [2.05, 4.69) is 15.0 Å². The predicted octanol–water partition coefficient (Wildman–Crippen LogP) is 1.80. The maximum Gasteiger partial charge on any atom is 0.234 e. The molecule has 0 aliphatic heterocycles. The minimum atomic E-state index is 0.672.